The largest absolute Gasteiger partial charge is 0.500 e. The van der Waals surface area contributed by atoms with E-state index in [0.717, 1.165) is 5.57 Å². The molecule has 0 amide bonds. The first kappa shape index (κ1) is 5.35. The van der Waals surface area contributed by atoms with Gasteiger partial charge < -0.3 is 4.74 Å². The summed E-state index contributed by atoms with van der Waals surface area (Å²) < 4.78 is 4.87. The third-order valence-corrected chi connectivity index (χ3v) is 1.15. The van der Waals surface area contributed by atoms with Gasteiger partial charge in [-0.2, -0.15) is 0 Å². The minimum absolute atomic E-state index is 0.205. The van der Waals surface area contributed by atoms with Crippen molar-refractivity contribution in [1.29, 1.82) is 0 Å². The number of carbonyl (C=O) groups excluding carboxylic acids is 1. The monoisotopic (exact) mass is 112 g/mol. The predicted molar refractivity (Wildman–Crippen MR) is 29.3 cm³/mol. The summed E-state index contributed by atoms with van der Waals surface area (Å²) in [5.74, 6) is 0.205. The van der Waals surface area contributed by atoms with Crippen LogP contribution in [0, 0.1) is 0 Å². The van der Waals surface area contributed by atoms with Gasteiger partial charge in [0, 0.05) is 12.0 Å². The second-order valence-electron chi connectivity index (χ2n) is 1.84. The van der Waals surface area contributed by atoms with Crippen LogP contribution >= 0.6 is 0 Å². The number of hydrogen-bond acceptors (Lipinski definition) is 2. The fraction of sp³-hybridized carbons (Fsp3) is 0.500. The van der Waals surface area contributed by atoms with Crippen LogP contribution in [0.25, 0.3) is 0 Å². The topological polar surface area (TPSA) is 26.3 Å². The van der Waals surface area contributed by atoms with Crippen molar-refractivity contribution in [1.82, 2.24) is 0 Å². The first-order valence-corrected chi connectivity index (χ1v) is 2.62. The van der Waals surface area contributed by atoms with E-state index < -0.39 is 0 Å². The van der Waals surface area contributed by atoms with Crippen molar-refractivity contribution in [2.45, 2.75) is 13.3 Å². The number of ketones is 1. The average molecular weight is 112 g/mol. The van der Waals surface area contributed by atoms with E-state index in [1.165, 1.54) is 6.26 Å². The third-order valence-electron chi connectivity index (χ3n) is 1.15. The van der Waals surface area contributed by atoms with Crippen molar-refractivity contribution >= 4 is 5.78 Å². The van der Waals surface area contributed by atoms with E-state index in [1.54, 1.807) is 6.92 Å². The van der Waals surface area contributed by atoms with Crippen LogP contribution in [0.2, 0.25) is 0 Å². The van der Waals surface area contributed by atoms with Crippen molar-refractivity contribution < 1.29 is 9.53 Å². The van der Waals surface area contributed by atoms with E-state index in [1.807, 2.05) is 0 Å². The second kappa shape index (κ2) is 1.99. The molecule has 0 aliphatic carbocycles. The molecule has 2 heteroatoms. The molecule has 0 bridgehead atoms. The molecule has 0 saturated heterocycles. The minimum atomic E-state index is 0.205. The van der Waals surface area contributed by atoms with Gasteiger partial charge in [-0.3, -0.25) is 4.79 Å². The minimum Gasteiger partial charge on any atom is -0.500 e. The van der Waals surface area contributed by atoms with Crippen LogP contribution in [0.15, 0.2) is 11.8 Å². The lowest BCUT2D eigenvalue weighted by atomic mass is 10.1. The predicted octanol–water partition coefficient (Wildman–Crippen LogP) is 0.880. The molecule has 1 rings (SSSR count). The van der Waals surface area contributed by atoms with E-state index in [0.29, 0.717) is 13.0 Å². The molecule has 0 fully saturated rings. The van der Waals surface area contributed by atoms with Gasteiger partial charge in [-0.25, -0.2) is 0 Å². The summed E-state index contributed by atoms with van der Waals surface area (Å²) in [4.78, 5) is 10.6. The van der Waals surface area contributed by atoms with Crippen LogP contribution in [-0.2, 0) is 9.53 Å². The molecule has 1 aliphatic heterocycles. The quantitative estimate of drug-likeness (QED) is 0.465. The number of carbonyl (C=O) groups is 1. The Morgan fingerprint density at radius 3 is 2.88 bits per heavy atom. The highest BCUT2D eigenvalue weighted by atomic mass is 16.5. The third kappa shape index (κ3) is 0.886. The molecular weight excluding hydrogens is 104 g/mol. The van der Waals surface area contributed by atoms with Gasteiger partial charge in [-0.1, -0.05) is 0 Å². The molecular formula is C6H8O2. The smallest absolute Gasteiger partial charge is 0.165 e. The number of Topliss-reactive ketones (excluding diaryl/α,β-unsaturated/α-hetero) is 1. The normalized spacial score (nSPS) is 19.6. The zero-order valence-corrected chi connectivity index (χ0v) is 4.81. The van der Waals surface area contributed by atoms with Crippen LogP contribution in [0.1, 0.15) is 13.3 Å². The molecule has 0 aromatic carbocycles. The highest BCUT2D eigenvalue weighted by Gasteiger charge is 2.08. The molecule has 1 aliphatic rings. The summed E-state index contributed by atoms with van der Waals surface area (Å²) in [7, 11) is 0. The Morgan fingerprint density at radius 2 is 2.50 bits per heavy atom. The van der Waals surface area contributed by atoms with Crippen LogP contribution < -0.4 is 0 Å². The molecule has 0 aromatic rings. The summed E-state index contributed by atoms with van der Waals surface area (Å²) in [6.45, 7) is 2.32. The van der Waals surface area contributed by atoms with Crippen molar-refractivity contribution in [2.75, 3.05) is 6.61 Å². The second-order valence-corrected chi connectivity index (χ2v) is 1.84. The zero-order chi connectivity index (χ0) is 5.98. The van der Waals surface area contributed by atoms with E-state index in [4.69, 9.17) is 4.74 Å². The van der Waals surface area contributed by atoms with Gasteiger partial charge >= 0.3 is 0 Å². The Bertz CT molecular complexity index is 135. The number of allylic oxidation sites excluding steroid dienone is 1. The average Bonchev–Trinajstić information content (AvgIpc) is 1.77. The van der Waals surface area contributed by atoms with Crippen molar-refractivity contribution in [3.8, 4) is 0 Å². The fourth-order valence-corrected chi connectivity index (χ4v) is 0.598. The Kier molecular flexibility index (Phi) is 1.33. The van der Waals surface area contributed by atoms with E-state index in [9.17, 15) is 4.79 Å². The highest BCUT2D eigenvalue weighted by molar-refractivity contribution is 5.95. The van der Waals surface area contributed by atoms with Crippen LogP contribution in [0.5, 0.6) is 0 Å². The summed E-state index contributed by atoms with van der Waals surface area (Å²) in [6, 6.07) is 0. The summed E-state index contributed by atoms with van der Waals surface area (Å²) in [5, 5.41) is 0. The Hall–Kier alpha value is -0.790. The van der Waals surface area contributed by atoms with Crippen LogP contribution in [-0.4, -0.2) is 12.4 Å². The summed E-state index contributed by atoms with van der Waals surface area (Å²) >= 11 is 0. The standard InChI is InChI=1S/C6H8O2/c1-5-4-8-3-2-6(5)7/h4H,2-3H2,1H3. The molecule has 0 aromatic heterocycles. The van der Waals surface area contributed by atoms with Gasteiger partial charge in [-0.05, 0) is 6.92 Å². The molecule has 0 spiro atoms. The van der Waals surface area contributed by atoms with Gasteiger partial charge in [0.1, 0.15) is 0 Å². The molecule has 8 heavy (non-hydrogen) atoms. The summed E-state index contributed by atoms with van der Waals surface area (Å²) in [5.41, 5.74) is 0.733. The number of rotatable bonds is 0. The van der Waals surface area contributed by atoms with Gasteiger partial charge in [0.25, 0.3) is 0 Å². The maximum atomic E-state index is 10.6. The highest BCUT2D eigenvalue weighted by Crippen LogP contribution is 2.04. The molecule has 1 heterocycles. The molecule has 0 atom stereocenters. The van der Waals surface area contributed by atoms with Crippen molar-refractivity contribution in [3.05, 3.63) is 11.8 Å². The lowest BCUT2D eigenvalue weighted by Crippen LogP contribution is -2.09. The molecule has 0 unspecified atom stereocenters. The van der Waals surface area contributed by atoms with Crippen LogP contribution in [0.4, 0.5) is 0 Å². The molecule has 44 valence electrons. The van der Waals surface area contributed by atoms with Gasteiger partial charge in [-0.15, -0.1) is 0 Å². The van der Waals surface area contributed by atoms with E-state index in [2.05, 4.69) is 0 Å². The first-order chi connectivity index (χ1) is 3.80. The lowest BCUT2D eigenvalue weighted by molar-refractivity contribution is -0.117. The van der Waals surface area contributed by atoms with Crippen molar-refractivity contribution in [2.24, 2.45) is 0 Å². The van der Waals surface area contributed by atoms with Crippen molar-refractivity contribution in [3.63, 3.8) is 0 Å². The first-order valence-electron chi connectivity index (χ1n) is 2.62. The van der Waals surface area contributed by atoms with E-state index >= 15 is 0 Å². The Labute approximate surface area is 48.1 Å². The maximum Gasteiger partial charge on any atom is 0.165 e. The van der Waals surface area contributed by atoms with Gasteiger partial charge in [0.05, 0.1) is 12.9 Å². The Balaban J connectivity index is 2.67. The maximum absolute atomic E-state index is 10.6. The zero-order valence-electron chi connectivity index (χ0n) is 4.81. The van der Waals surface area contributed by atoms with Crippen LogP contribution in [0.3, 0.4) is 0 Å². The molecule has 2 nitrogen and oxygen atoms in total. The van der Waals surface area contributed by atoms with Gasteiger partial charge in [0.2, 0.25) is 0 Å². The number of hydrogen-bond donors (Lipinski definition) is 0. The SMILES string of the molecule is CC1=COCCC1=O. The molecule has 0 N–H and O–H groups in total. The lowest BCUT2D eigenvalue weighted by Gasteiger charge is -2.07. The fourth-order valence-electron chi connectivity index (χ4n) is 0.598. The summed E-state index contributed by atoms with van der Waals surface area (Å²) in [6.07, 6.45) is 2.06. The van der Waals surface area contributed by atoms with E-state index in [-0.39, 0.29) is 5.78 Å². The molecule has 0 saturated carbocycles. The Morgan fingerprint density at radius 1 is 1.75 bits per heavy atom. The number of ether oxygens (including phenoxy) is 1. The van der Waals surface area contributed by atoms with Gasteiger partial charge in [0.15, 0.2) is 5.78 Å². The molecule has 0 radical (unpaired) electrons.